The van der Waals surface area contributed by atoms with Crippen LogP contribution in [0.15, 0.2) is 12.1 Å². The Kier molecular flexibility index (Phi) is 6.07. The van der Waals surface area contributed by atoms with Crippen LogP contribution in [0.3, 0.4) is 0 Å². The van der Waals surface area contributed by atoms with Gasteiger partial charge in [-0.05, 0) is 17.7 Å². The molecule has 1 aromatic carbocycles. The van der Waals surface area contributed by atoms with Gasteiger partial charge in [0.1, 0.15) is 12.1 Å². The van der Waals surface area contributed by atoms with Crippen molar-refractivity contribution in [3.63, 3.8) is 0 Å². The summed E-state index contributed by atoms with van der Waals surface area (Å²) < 4.78 is 32.9. The number of esters is 4. The maximum atomic E-state index is 12.9. The first-order chi connectivity index (χ1) is 16.1. The van der Waals surface area contributed by atoms with Crippen LogP contribution in [0.2, 0.25) is 0 Å². The zero-order valence-corrected chi connectivity index (χ0v) is 18.8. The van der Waals surface area contributed by atoms with E-state index in [0.29, 0.717) is 17.1 Å². The van der Waals surface area contributed by atoms with E-state index in [1.54, 1.807) is 6.07 Å². The normalized spacial score (nSPS) is 28.5. The average molecular weight is 477 g/mol. The van der Waals surface area contributed by atoms with Crippen LogP contribution in [-0.2, 0) is 38.1 Å². The van der Waals surface area contributed by atoms with Crippen LogP contribution in [-0.4, -0.2) is 67.0 Å². The van der Waals surface area contributed by atoms with E-state index in [-0.39, 0.29) is 12.4 Å². The van der Waals surface area contributed by atoms with Gasteiger partial charge in [-0.15, -0.1) is 0 Å². The summed E-state index contributed by atoms with van der Waals surface area (Å²) in [5.74, 6) is -3.64. The van der Waals surface area contributed by atoms with E-state index in [0.717, 1.165) is 13.8 Å². The second-order valence-electron chi connectivity index (χ2n) is 8.14. The molecule has 1 aromatic rings. The van der Waals surface area contributed by atoms with Crippen molar-refractivity contribution in [2.75, 3.05) is 6.79 Å². The summed E-state index contributed by atoms with van der Waals surface area (Å²) in [6, 6.07) is 1.88. The molecule has 1 amide bonds. The van der Waals surface area contributed by atoms with Gasteiger partial charge in [0.25, 0.3) is 0 Å². The smallest absolute Gasteiger partial charge is 0.339 e. The highest BCUT2D eigenvalue weighted by molar-refractivity contribution is 5.94. The van der Waals surface area contributed by atoms with Crippen molar-refractivity contribution in [1.82, 2.24) is 5.32 Å². The lowest BCUT2D eigenvalue weighted by molar-refractivity contribution is -0.205. The Morgan fingerprint density at radius 3 is 2.00 bits per heavy atom. The van der Waals surface area contributed by atoms with Gasteiger partial charge in [-0.2, -0.15) is 0 Å². The molecule has 2 heterocycles. The fraction of sp³-hybridized carbons (Fsp3) is 0.500. The minimum atomic E-state index is -1.32. The van der Waals surface area contributed by atoms with Crippen LogP contribution < -0.4 is 14.8 Å². The van der Waals surface area contributed by atoms with Crippen molar-refractivity contribution in [2.24, 2.45) is 0 Å². The zero-order chi connectivity index (χ0) is 24.7. The summed E-state index contributed by atoms with van der Waals surface area (Å²) in [6.07, 6.45) is -4.99. The van der Waals surface area contributed by atoms with Gasteiger partial charge in [-0.3, -0.25) is 19.2 Å². The number of ether oxygens (including phenoxy) is 6. The highest BCUT2D eigenvalue weighted by atomic mass is 16.7. The fourth-order valence-corrected chi connectivity index (χ4v) is 4.68. The Morgan fingerprint density at radius 2 is 1.41 bits per heavy atom. The summed E-state index contributed by atoms with van der Waals surface area (Å²) in [7, 11) is 0. The molecule has 1 fully saturated rings. The van der Waals surface area contributed by atoms with Gasteiger partial charge in [-0.25, -0.2) is 4.79 Å². The van der Waals surface area contributed by atoms with Gasteiger partial charge < -0.3 is 33.7 Å². The number of benzene rings is 1. The maximum Gasteiger partial charge on any atom is 0.339 e. The SMILES string of the molecule is CC(=O)N[C@H]1[C@H](OC(C)=O)[C@H](OC(C)=O)[C@H]2OC(=O)c3cc4c(cc3C2[C@@H]1OC(C)=O)OCO4. The molecule has 1 N–H and O–H groups in total. The monoisotopic (exact) mass is 477 g/mol. The zero-order valence-electron chi connectivity index (χ0n) is 18.8. The van der Waals surface area contributed by atoms with Gasteiger partial charge in [0.2, 0.25) is 12.7 Å². The Morgan fingerprint density at radius 1 is 0.853 bits per heavy atom. The maximum absolute atomic E-state index is 12.9. The topological polar surface area (TPSA) is 153 Å². The Balaban J connectivity index is 1.91. The van der Waals surface area contributed by atoms with Crippen molar-refractivity contribution < 1.29 is 52.4 Å². The molecule has 6 atom stereocenters. The molecule has 0 saturated heterocycles. The number of rotatable bonds is 4. The van der Waals surface area contributed by atoms with Crippen molar-refractivity contribution in [2.45, 2.75) is 64.1 Å². The predicted molar refractivity (Wildman–Crippen MR) is 109 cm³/mol. The molecule has 182 valence electrons. The largest absolute Gasteiger partial charge is 0.459 e. The summed E-state index contributed by atoms with van der Waals surface area (Å²) in [4.78, 5) is 61.0. The molecule has 34 heavy (non-hydrogen) atoms. The number of carbonyl (C=O) groups excluding carboxylic acids is 5. The van der Waals surface area contributed by atoms with Gasteiger partial charge in [0.15, 0.2) is 29.8 Å². The number of hydrogen-bond donors (Lipinski definition) is 1. The number of nitrogens with one attached hydrogen (secondary N) is 1. The van der Waals surface area contributed by atoms with Gasteiger partial charge in [-0.1, -0.05) is 0 Å². The second-order valence-corrected chi connectivity index (χ2v) is 8.14. The molecule has 3 aliphatic rings. The van der Waals surface area contributed by atoms with Gasteiger partial charge in [0.05, 0.1) is 11.5 Å². The van der Waals surface area contributed by atoms with E-state index in [1.807, 2.05) is 0 Å². The summed E-state index contributed by atoms with van der Waals surface area (Å²) >= 11 is 0. The van der Waals surface area contributed by atoms with Crippen LogP contribution >= 0.6 is 0 Å². The van der Waals surface area contributed by atoms with Crippen molar-refractivity contribution >= 4 is 29.8 Å². The van der Waals surface area contributed by atoms with E-state index in [2.05, 4.69) is 5.32 Å². The van der Waals surface area contributed by atoms with Crippen molar-refractivity contribution in [3.05, 3.63) is 23.3 Å². The molecule has 12 nitrogen and oxygen atoms in total. The number of fused-ring (bicyclic) bond motifs is 4. The molecule has 1 unspecified atom stereocenters. The van der Waals surface area contributed by atoms with Crippen molar-refractivity contribution in [3.8, 4) is 11.5 Å². The number of amides is 1. The molecule has 1 aliphatic carbocycles. The van der Waals surface area contributed by atoms with Crippen LogP contribution in [0.5, 0.6) is 11.5 Å². The van der Waals surface area contributed by atoms with E-state index in [9.17, 15) is 24.0 Å². The third-order valence-electron chi connectivity index (χ3n) is 5.71. The van der Waals surface area contributed by atoms with Gasteiger partial charge >= 0.3 is 23.9 Å². The lowest BCUT2D eigenvalue weighted by Crippen LogP contribution is -2.69. The molecule has 0 spiro atoms. The highest BCUT2D eigenvalue weighted by Crippen LogP contribution is 2.48. The highest BCUT2D eigenvalue weighted by Gasteiger charge is 2.60. The van der Waals surface area contributed by atoms with E-state index < -0.39 is 66.2 Å². The Hall–Kier alpha value is -3.83. The van der Waals surface area contributed by atoms with E-state index in [4.69, 9.17) is 28.4 Å². The molecule has 1 saturated carbocycles. The van der Waals surface area contributed by atoms with Crippen LogP contribution in [0, 0.1) is 0 Å². The lowest BCUT2D eigenvalue weighted by Gasteiger charge is -2.50. The molecular formula is C22H23NO11. The number of hydrogen-bond acceptors (Lipinski definition) is 11. The molecule has 12 heteroatoms. The summed E-state index contributed by atoms with van der Waals surface area (Å²) in [5.41, 5.74) is 0.516. The minimum absolute atomic E-state index is 0.0478. The quantitative estimate of drug-likeness (QED) is 0.472. The third kappa shape index (κ3) is 4.22. The number of carbonyl (C=O) groups is 5. The first-order valence-corrected chi connectivity index (χ1v) is 10.5. The molecule has 4 rings (SSSR count). The second kappa shape index (κ2) is 8.84. The first kappa shape index (κ1) is 23.3. The van der Waals surface area contributed by atoms with E-state index in [1.165, 1.54) is 19.9 Å². The molecular weight excluding hydrogens is 454 g/mol. The predicted octanol–water partition coefficient (Wildman–Crippen LogP) is 0.351. The first-order valence-electron chi connectivity index (χ1n) is 10.5. The van der Waals surface area contributed by atoms with E-state index >= 15 is 0 Å². The average Bonchev–Trinajstić information content (AvgIpc) is 3.18. The molecule has 0 aromatic heterocycles. The molecule has 0 bridgehead atoms. The molecule has 2 aliphatic heterocycles. The Labute approximate surface area is 193 Å². The van der Waals surface area contributed by atoms with Crippen LogP contribution in [0.1, 0.15) is 49.5 Å². The molecule has 0 radical (unpaired) electrons. The Bertz CT molecular complexity index is 1070. The fourth-order valence-electron chi connectivity index (χ4n) is 4.68. The minimum Gasteiger partial charge on any atom is -0.459 e. The third-order valence-corrected chi connectivity index (χ3v) is 5.71. The summed E-state index contributed by atoms with van der Waals surface area (Å²) in [5, 5.41) is 2.64. The lowest BCUT2D eigenvalue weighted by atomic mass is 9.71. The standard InChI is InChI=1S/C22H23NO11/c1-8(24)23-17-18(31-9(2)25)16-12-5-14-15(30-7-29-14)6-13(12)22(28)34-19(16)21(33-11(4)27)20(17)32-10(3)26/h5-6,16-21H,7H2,1-4H3,(H,23,24)/t16?,17-,18+,19+,20+,21-/m1/s1. The summed E-state index contributed by atoms with van der Waals surface area (Å²) in [6.45, 7) is 4.63. The van der Waals surface area contributed by atoms with Gasteiger partial charge in [0, 0.05) is 27.7 Å². The van der Waals surface area contributed by atoms with Crippen LogP contribution in [0.4, 0.5) is 0 Å². The van der Waals surface area contributed by atoms with Crippen molar-refractivity contribution in [1.29, 1.82) is 0 Å². The van der Waals surface area contributed by atoms with Crippen LogP contribution in [0.25, 0.3) is 0 Å².